The van der Waals surface area contributed by atoms with Crippen LogP contribution in [0.4, 0.5) is 5.69 Å². The summed E-state index contributed by atoms with van der Waals surface area (Å²) in [4.78, 5) is 4.02. The van der Waals surface area contributed by atoms with Gasteiger partial charge < -0.3 is 11.1 Å². The molecule has 0 spiro atoms. The van der Waals surface area contributed by atoms with E-state index in [0.717, 1.165) is 18.7 Å². The molecule has 1 aromatic heterocycles. The fraction of sp³-hybridized carbons (Fsp3) is 0.545. The van der Waals surface area contributed by atoms with Crippen molar-refractivity contribution >= 4 is 5.69 Å². The van der Waals surface area contributed by atoms with E-state index in [1.165, 1.54) is 0 Å². The van der Waals surface area contributed by atoms with Crippen molar-refractivity contribution in [1.82, 2.24) is 4.98 Å². The van der Waals surface area contributed by atoms with Crippen molar-refractivity contribution in [2.75, 3.05) is 11.9 Å². The van der Waals surface area contributed by atoms with Crippen molar-refractivity contribution in [1.29, 1.82) is 0 Å². The van der Waals surface area contributed by atoms with Crippen LogP contribution in [0.3, 0.4) is 0 Å². The normalized spacial score (nSPS) is 14.8. The van der Waals surface area contributed by atoms with Gasteiger partial charge in [-0.1, -0.05) is 20.3 Å². The van der Waals surface area contributed by atoms with E-state index >= 15 is 0 Å². The van der Waals surface area contributed by atoms with E-state index in [2.05, 4.69) is 24.1 Å². The maximum atomic E-state index is 5.99. The average molecular weight is 193 g/mol. The van der Waals surface area contributed by atoms with Gasteiger partial charge in [-0.15, -0.1) is 0 Å². The fourth-order valence-electron chi connectivity index (χ4n) is 1.21. The second-order valence-electron chi connectivity index (χ2n) is 3.67. The van der Waals surface area contributed by atoms with Crippen LogP contribution in [0, 0.1) is 5.92 Å². The van der Waals surface area contributed by atoms with E-state index in [9.17, 15) is 0 Å². The van der Waals surface area contributed by atoms with E-state index in [1.54, 1.807) is 6.20 Å². The highest BCUT2D eigenvalue weighted by Crippen LogP contribution is 2.07. The molecular weight excluding hydrogens is 174 g/mol. The van der Waals surface area contributed by atoms with Gasteiger partial charge in [-0.05, 0) is 18.1 Å². The molecule has 0 saturated carbocycles. The predicted octanol–water partition coefficient (Wildman–Crippen LogP) is 1.87. The molecular formula is C11H19N3. The summed E-state index contributed by atoms with van der Waals surface area (Å²) in [6.45, 7) is 5.14. The average Bonchev–Trinajstić information content (AvgIpc) is 2.26. The quantitative estimate of drug-likeness (QED) is 0.750. The van der Waals surface area contributed by atoms with Gasteiger partial charge in [-0.2, -0.15) is 0 Å². The van der Waals surface area contributed by atoms with Gasteiger partial charge in [0.25, 0.3) is 0 Å². The van der Waals surface area contributed by atoms with Crippen LogP contribution >= 0.6 is 0 Å². The van der Waals surface area contributed by atoms with Crippen molar-refractivity contribution in [2.45, 2.75) is 26.3 Å². The lowest BCUT2D eigenvalue weighted by molar-refractivity contribution is 0.457. The molecule has 0 saturated heterocycles. The minimum absolute atomic E-state index is 0.209. The topological polar surface area (TPSA) is 50.9 Å². The second kappa shape index (κ2) is 5.60. The van der Waals surface area contributed by atoms with E-state index in [4.69, 9.17) is 5.73 Å². The van der Waals surface area contributed by atoms with E-state index < -0.39 is 0 Å². The first kappa shape index (κ1) is 11.0. The van der Waals surface area contributed by atoms with E-state index in [1.807, 2.05) is 18.3 Å². The Morgan fingerprint density at radius 2 is 2.36 bits per heavy atom. The molecule has 0 fully saturated rings. The molecule has 3 N–H and O–H groups in total. The number of rotatable bonds is 5. The first-order valence-electron chi connectivity index (χ1n) is 5.13. The zero-order valence-corrected chi connectivity index (χ0v) is 8.90. The van der Waals surface area contributed by atoms with Crippen LogP contribution in [-0.4, -0.2) is 17.6 Å². The maximum absolute atomic E-state index is 5.99. The van der Waals surface area contributed by atoms with Crippen molar-refractivity contribution < 1.29 is 0 Å². The van der Waals surface area contributed by atoms with Crippen LogP contribution in [0.1, 0.15) is 20.3 Å². The summed E-state index contributed by atoms with van der Waals surface area (Å²) in [5.41, 5.74) is 7.03. The van der Waals surface area contributed by atoms with Crippen LogP contribution in [0.5, 0.6) is 0 Å². The van der Waals surface area contributed by atoms with Crippen molar-refractivity contribution in [2.24, 2.45) is 11.7 Å². The van der Waals surface area contributed by atoms with Crippen LogP contribution in [0.15, 0.2) is 24.5 Å². The molecule has 1 rings (SSSR count). The zero-order valence-electron chi connectivity index (χ0n) is 8.90. The van der Waals surface area contributed by atoms with Gasteiger partial charge >= 0.3 is 0 Å². The number of hydrogen-bond donors (Lipinski definition) is 2. The molecule has 1 aromatic rings. The smallest absolute Gasteiger partial charge is 0.0527 e. The largest absolute Gasteiger partial charge is 0.382 e. The maximum Gasteiger partial charge on any atom is 0.0527 e. The number of hydrogen-bond acceptors (Lipinski definition) is 3. The SMILES string of the molecule is CC[C@H](C)[C@H](N)CNc1cccnc1. The first-order chi connectivity index (χ1) is 6.74. The van der Waals surface area contributed by atoms with Gasteiger partial charge in [0, 0.05) is 25.0 Å². The number of pyridine rings is 1. The molecule has 0 bridgehead atoms. The molecule has 2 atom stereocenters. The highest BCUT2D eigenvalue weighted by molar-refractivity contribution is 5.39. The third-order valence-electron chi connectivity index (χ3n) is 2.58. The summed E-state index contributed by atoms with van der Waals surface area (Å²) >= 11 is 0. The Bertz CT molecular complexity index is 248. The molecule has 0 radical (unpaired) electrons. The van der Waals surface area contributed by atoms with Crippen molar-refractivity contribution in [3.63, 3.8) is 0 Å². The highest BCUT2D eigenvalue weighted by Gasteiger charge is 2.09. The van der Waals surface area contributed by atoms with Gasteiger partial charge in [0.1, 0.15) is 0 Å². The van der Waals surface area contributed by atoms with Crippen LogP contribution in [-0.2, 0) is 0 Å². The monoisotopic (exact) mass is 193 g/mol. The molecule has 0 aliphatic heterocycles. The van der Waals surface area contributed by atoms with Crippen molar-refractivity contribution in [3.8, 4) is 0 Å². The zero-order chi connectivity index (χ0) is 10.4. The van der Waals surface area contributed by atoms with Gasteiger partial charge in [-0.25, -0.2) is 0 Å². The Labute approximate surface area is 85.7 Å². The number of nitrogens with zero attached hydrogens (tertiary/aromatic N) is 1. The number of nitrogens with one attached hydrogen (secondary N) is 1. The molecule has 0 aliphatic carbocycles. The van der Waals surface area contributed by atoms with Gasteiger partial charge in [0.2, 0.25) is 0 Å². The van der Waals surface area contributed by atoms with Crippen molar-refractivity contribution in [3.05, 3.63) is 24.5 Å². The lowest BCUT2D eigenvalue weighted by Crippen LogP contribution is -2.35. The Hall–Kier alpha value is -1.09. The molecule has 0 aromatic carbocycles. The van der Waals surface area contributed by atoms with Crippen LogP contribution < -0.4 is 11.1 Å². The first-order valence-corrected chi connectivity index (χ1v) is 5.13. The second-order valence-corrected chi connectivity index (χ2v) is 3.67. The summed E-state index contributed by atoms with van der Waals surface area (Å²) in [6.07, 6.45) is 4.69. The Balaban J connectivity index is 2.34. The van der Waals surface area contributed by atoms with Crippen LogP contribution in [0.2, 0.25) is 0 Å². The Morgan fingerprint density at radius 3 is 2.93 bits per heavy atom. The standard InChI is InChI=1S/C11H19N3/c1-3-9(2)11(12)8-14-10-5-4-6-13-7-10/h4-7,9,11,14H,3,8,12H2,1-2H3/t9-,11+/m0/s1. The van der Waals surface area contributed by atoms with Gasteiger partial charge in [0.05, 0.1) is 5.69 Å². The summed E-state index contributed by atoms with van der Waals surface area (Å²) < 4.78 is 0. The molecule has 3 heteroatoms. The number of aromatic nitrogens is 1. The number of anilines is 1. The van der Waals surface area contributed by atoms with E-state index in [-0.39, 0.29) is 6.04 Å². The molecule has 0 aliphatic rings. The fourth-order valence-corrected chi connectivity index (χ4v) is 1.21. The minimum atomic E-state index is 0.209. The Kier molecular flexibility index (Phi) is 4.40. The highest BCUT2D eigenvalue weighted by atomic mass is 14.9. The third-order valence-corrected chi connectivity index (χ3v) is 2.58. The minimum Gasteiger partial charge on any atom is -0.382 e. The van der Waals surface area contributed by atoms with Crippen LogP contribution in [0.25, 0.3) is 0 Å². The van der Waals surface area contributed by atoms with E-state index in [0.29, 0.717) is 5.92 Å². The summed E-state index contributed by atoms with van der Waals surface area (Å²) in [5, 5.41) is 3.27. The third kappa shape index (κ3) is 3.34. The summed E-state index contributed by atoms with van der Waals surface area (Å²) in [6, 6.07) is 4.12. The molecule has 78 valence electrons. The summed E-state index contributed by atoms with van der Waals surface area (Å²) in [5.74, 6) is 0.555. The van der Waals surface area contributed by atoms with Gasteiger partial charge in [0.15, 0.2) is 0 Å². The lowest BCUT2D eigenvalue weighted by Gasteiger charge is -2.19. The molecule has 0 unspecified atom stereocenters. The molecule has 14 heavy (non-hydrogen) atoms. The molecule has 3 nitrogen and oxygen atoms in total. The predicted molar refractivity (Wildman–Crippen MR) is 60.2 cm³/mol. The summed E-state index contributed by atoms with van der Waals surface area (Å²) in [7, 11) is 0. The Morgan fingerprint density at radius 1 is 1.57 bits per heavy atom. The lowest BCUT2D eigenvalue weighted by atomic mass is 10.0. The van der Waals surface area contributed by atoms with Gasteiger partial charge in [-0.3, -0.25) is 4.98 Å². The molecule has 0 amide bonds. The number of nitrogens with two attached hydrogens (primary N) is 1. The molecule has 1 heterocycles.